The standard InChI is InChI=1S/C18H16N2O3S2/c21-18(19-13-16-8-5-11-24-16)14-6-4-7-15(12-14)20-25(22,23)17-9-2-1-3-10-17/h1-12,20H,13H2,(H,19,21). The molecule has 0 unspecified atom stereocenters. The molecule has 3 aromatic rings. The summed E-state index contributed by atoms with van der Waals surface area (Å²) in [6.45, 7) is 0.441. The maximum Gasteiger partial charge on any atom is 0.261 e. The van der Waals surface area contributed by atoms with Crippen LogP contribution >= 0.6 is 11.3 Å². The molecule has 2 aromatic carbocycles. The number of nitrogens with one attached hydrogen (secondary N) is 2. The highest BCUT2D eigenvalue weighted by molar-refractivity contribution is 7.92. The van der Waals surface area contributed by atoms with Gasteiger partial charge < -0.3 is 5.32 Å². The van der Waals surface area contributed by atoms with E-state index in [-0.39, 0.29) is 10.8 Å². The summed E-state index contributed by atoms with van der Waals surface area (Å²) in [7, 11) is -3.68. The molecular weight excluding hydrogens is 356 g/mol. The zero-order valence-corrected chi connectivity index (χ0v) is 14.8. The summed E-state index contributed by atoms with van der Waals surface area (Å²) < 4.78 is 27.2. The van der Waals surface area contributed by atoms with E-state index >= 15 is 0 Å². The molecule has 3 rings (SSSR count). The molecule has 1 heterocycles. The van der Waals surface area contributed by atoms with Crippen molar-refractivity contribution in [1.82, 2.24) is 5.32 Å². The van der Waals surface area contributed by atoms with E-state index in [1.165, 1.54) is 18.2 Å². The highest BCUT2D eigenvalue weighted by atomic mass is 32.2. The maximum atomic E-state index is 12.4. The van der Waals surface area contributed by atoms with Gasteiger partial charge in [-0.1, -0.05) is 30.3 Å². The molecule has 0 radical (unpaired) electrons. The van der Waals surface area contributed by atoms with Crippen LogP contribution in [0.2, 0.25) is 0 Å². The third kappa shape index (κ3) is 4.46. The molecule has 7 heteroatoms. The summed E-state index contributed by atoms with van der Waals surface area (Å²) in [6.07, 6.45) is 0. The average molecular weight is 372 g/mol. The predicted molar refractivity (Wildman–Crippen MR) is 99.2 cm³/mol. The molecule has 5 nitrogen and oxygen atoms in total. The molecule has 0 saturated carbocycles. The minimum absolute atomic E-state index is 0.169. The van der Waals surface area contributed by atoms with Gasteiger partial charge in [0.2, 0.25) is 0 Å². The Morgan fingerprint density at radius 1 is 0.960 bits per heavy atom. The van der Waals surface area contributed by atoms with E-state index in [9.17, 15) is 13.2 Å². The Morgan fingerprint density at radius 3 is 2.48 bits per heavy atom. The molecule has 0 saturated heterocycles. The molecular formula is C18H16N2O3S2. The van der Waals surface area contributed by atoms with Crippen LogP contribution in [-0.2, 0) is 16.6 Å². The number of amides is 1. The molecule has 1 amide bonds. The third-order valence-corrected chi connectivity index (χ3v) is 5.71. The van der Waals surface area contributed by atoms with E-state index in [1.54, 1.807) is 47.7 Å². The molecule has 128 valence electrons. The van der Waals surface area contributed by atoms with Crippen LogP contribution in [0.5, 0.6) is 0 Å². The second-order valence-corrected chi connectivity index (χ2v) is 7.98. The highest BCUT2D eigenvalue weighted by Gasteiger charge is 2.14. The van der Waals surface area contributed by atoms with E-state index in [4.69, 9.17) is 0 Å². The summed E-state index contributed by atoms with van der Waals surface area (Å²) in [6, 6.07) is 18.4. The fraction of sp³-hybridized carbons (Fsp3) is 0.0556. The number of anilines is 1. The number of rotatable bonds is 6. The number of thiophene rings is 1. The largest absolute Gasteiger partial charge is 0.347 e. The summed E-state index contributed by atoms with van der Waals surface area (Å²) in [5.41, 5.74) is 0.734. The Balaban J connectivity index is 1.72. The van der Waals surface area contributed by atoms with Crippen molar-refractivity contribution in [3.05, 3.63) is 82.6 Å². The first kappa shape index (κ1) is 17.2. The van der Waals surface area contributed by atoms with Gasteiger partial charge in [-0.2, -0.15) is 0 Å². The van der Waals surface area contributed by atoms with Crippen LogP contribution in [0.15, 0.2) is 77.0 Å². The summed E-state index contributed by atoms with van der Waals surface area (Å²) in [5, 5.41) is 4.76. The molecule has 0 aliphatic heterocycles. The van der Waals surface area contributed by atoms with Gasteiger partial charge in [0.15, 0.2) is 0 Å². The van der Waals surface area contributed by atoms with E-state index in [1.807, 2.05) is 17.5 Å². The number of carbonyl (C=O) groups excluding carboxylic acids is 1. The van der Waals surface area contributed by atoms with Crippen molar-refractivity contribution in [2.75, 3.05) is 4.72 Å². The van der Waals surface area contributed by atoms with E-state index < -0.39 is 10.0 Å². The number of carbonyl (C=O) groups is 1. The van der Waals surface area contributed by atoms with Crippen LogP contribution in [0.25, 0.3) is 0 Å². The van der Waals surface area contributed by atoms with E-state index in [0.29, 0.717) is 17.8 Å². The monoisotopic (exact) mass is 372 g/mol. The molecule has 1 aromatic heterocycles. The zero-order valence-electron chi connectivity index (χ0n) is 13.2. The summed E-state index contributed by atoms with van der Waals surface area (Å²) in [5.74, 6) is -0.255. The number of sulfonamides is 1. The molecule has 0 spiro atoms. The van der Waals surface area contributed by atoms with Crippen molar-refractivity contribution in [2.45, 2.75) is 11.4 Å². The lowest BCUT2D eigenvalue weighted by molar-refractivity contribution is 0.0951. The van der Waals surface area contributed by atoms with Crippen LogP contribution in [0.4, 0.5) is 5.69 Å². The van der Waals surface area contributed by atoms with Crippen molar-refractivity contribution in [3.8, 4) is 0 Å². The first-order valence-corrected chi connectivity index (χ1v) is 9.89. The molecule has 2 N–H and O–H groups in total. The number of benzene rings is 2. The van der Waals surface area contributed by atoms with E-state index in [0.717, 1.165) is 4.88 Å². The van der Waals surface area contributed by atoms with Crippen molar-refractivity contribution < 1.29 is 13.2 Å². The molecule has 0 atom stereocenters. The van der Waals surface area contributed by atoms with Gasteiger partial charge in [0.05, 0.1) is 11.4 Å². The quantitative estimate of drug-likeness (QED) is 0.696. The van der Waals surface area contributed by atoms with Gasteiger partial charge in [-0.05, 0) is 41.8 Å². The Bertz CT molecular complexity index is 953. The Morgan fingerprint density at radius 2 is 1.76 bits per heavy atom. The molecule has 0 bridgehead atoms. The highest BCUT2D eigenvalue weighted by Crippen LogP contribution is 2.17. The first-order chi connectivity index (χ1) is 12.0. The molecule has 0 aliphatic rings. The second kappa shape index (κ2) is 7.50. The van der Waals surface area contributed by atoms with Crippen molar-refractivity contribution in [1.29, 1.82) is 0 Å². The van der Waals surface area contributed by atoms with Gasteiger partial charge in [-0.15, -0.1) is 11.3 Å². The summed E-state index contributed by atoms with van der Waals surface area (Å²) >= 11 is 1.56. The van der Waals surface area contributed by atoms with E-state index in [2.05, 4.69) is 10.0 Å². The van der Waals surface area contributed by atoms with Crippen LogP contribution in [0.3, 0.4) is 0 Å². The summed E-state index contributed by atoms with van der Waals surface area (Å²) in [4.78, 5) is 13.5. The maximum absolute atomic E-state index is 12.4. The zero-order chi connectivity index (χ0) is 17.7. The minimum Gasteiger partial charge on any atom is -0.347 e. The van der Waals surface area contributed by atoms with Crippen molar-refractivity contribution in [2.24, 2.45) is 0 Å². The number of hydrogen-bond acceptors (Lipinski definition) is 4. The third-order valence-electron chi connectivity index (χ3n) is 3.43. The Hall–Kier alpha value is -2.64. The lowest BCUT2D eigenvalue weighted by Crippen LogP contribution is -2.22. The average Bonchev–Trinajstić information content (AvgIpc) is 3.14. The fourth-order valence-corrected chi connectivity index (χ4v) is 3.94. The van der Waals surface area contributed by atoms with Crippen LogP contribution in [0.1, 0.15) is 15.2 Å². The van der Waals surface area contributed by atoms with Gasteiger partial charge in [0, 0.05) is 16.1 Å². The van der Waals surface area contributed by atoms with Crippen molar-refractivity contribution >= 4 is 33.0 Å². The second-order valence-electron chi connectivity index (χ2n) is 5.26. The normalized spacial score (nSPS) is 11.0. The lowest BCUT2D eigenvalue weighted by Gasteiger charge is -2.10. The van der Waals surface area contributed by atoms with Gasteiger partial charge in [-0.25, -0.2) is 8.42 Å². The first-order valence-electron chi connectivity index (χ1n) is 7.53. The topological polar surface area (TPSA) is 75.3 Å². The lowest BCUT2D eigenvalue weighted by atomic mass is 10.2. The molecule has 0 aliphatic carbocycles. The number of hydrogen-bond donors (Lipinski definition) is 2. The minimum atomic E-state index is -3.68. The van der Waals surface area contributed by atoms with Crippen LogP contribution in [0, 0.1) is 0 Å². The Labute approximate surface area is 150 Å². The van der Waals surface area contributed by atoms with Crippen molar-refractivity contribution in [3.63, 3.8) is 0 Å². The van der Waals surface area contributed by atoms with Gasteiger partial charge in [0.1, 0.15) is 0 Å². The predicted octanol–water partition coefficient (Wildman–Crippen LogP) is 3.48. The van der Waals surface area contributed by atoms with Gasteiger partial charge in [0.25, 0.3) is 15.9 Å². The van der Waals surface area contributed by atoms with Gasteiger partial charge in [-0.3, -0.25) is 9.52 Å². The van der Waals surface area contributed by atoms with Gasteiger partial charge >= 0.3 is 0 Å². The Kier molecular flexibility index (Phi) is 5.16. The van der Waals surface area contributed by atoms with Crippen LogP contribution in [-0.4, -0.2) is 14.3 Å². The smallest absolute Gasteiger partial charge is 0.261 e. The van der Waals surface area contributed by atoms with Crippen LogP contribution < -0.4 is 10.0 Å². The SMILES string of the molecule is O=C(NCc1cccs1)c1cccc(NS(=O)(=O)c2ccccc2)c1. The molecule has 0 fully saturated rings. The molecule has 25 heavy (non-hydrogen) atoms. The fourth-order valence-electron chi connectivity index (χ4n) is 2.22.